The Hall–Kier alpha value is -1.84. The molecular weight excluding hydrogens is 294 g/mol. The third kappa shape index (κ3) is 4.59. The van der Waals surface area contributed by atoms with E-state index in [9.17, 15) is 15.2 Å². The second kappa shape index (κ2) is 7.25. The zero-order chi connectivity index (χ0) is 15.2. The Labute approximate surface area is 125 Å². The van der Waals surface area contributed by atoms with Gasteiger partial charge in [-0.3, -0.25) is 14.8 Å². The highest BCUT2D eigenvalue weighted by molar-refractivity contribution is 7.09. The van der Waals surface area contributed by atoms with Crippen LogP contribution in [0.3, 0.4) is 0 Å². The number of aliphatic hydroxyl groups excluding tert-OH is 1. The normalized spacial score (nSPS) is 12.5. The maximum absolute atomic E-state index is 10.5. The van der Waals surface area contributed by atoms with Gasteiger partial charge in [0.25, 0.3) is 0 Å². The van der Waals surface area contributed by atoms with Crippen molar-refractivity contribution >= 4 is 17.0 Å². The van der Waals surface area contributed by atoms with E-state index in [0.29, 0.717) is 13.1 Å². The number of nitro groups is 1. The third-order valence-electron chi connectivity index (χ3n) is 2.82. The summed E-state index contributed by atoms with van der Waals surface area (Å²) < 4.78 is 1.36. The summed E-state index contributed by atoms with van der Waals surface area (Å²) in [6, 6.07) is 0. The molecule has 2 aromatic heterocycles. The molecule has 0 saturated carbocycles. The molecule has 0 aliphatic rings. The fourth-order valence-electron chi connectivity index (χ4n) is 1.79. The van der Waals surface area contributed by atoms with Crippen LogP contribution in [-0.4, -0.2) is 37.4 Å². The first-order valence-corrected chi connectivity index (χ1v) is 7.45. The number of hydrogen-bond acceptors (Lipinski definition) is 7. The highest BCUT2D eigenvalue weighted by atomic mass is 32.1. The van der Waals surface area contributed by atoms with E-state index in [-0.39, 0.29) is 12.2 Å². The van der Waals surface area contributed by atoms with Gasteiger partial charge in [0.2, 0.25) is 0 Å². The van der Waals surface area contributed by atoms with Gasteiger partial charge >= 0.3 is 5.69 Å². The van der Waals surface area contributed by atoms with Crippen molar-refractivity contribution in [3.63, 3.8) is 0 Å². The molecule has 0 amide bonds. The predicted octanol–water partition coefficient (Wildman–Crippen LogP) is 0.961. The summed E-state index contributed by atoms with van der Waals surface area (Å²) in [5.74, 6) is 0. The van der Waals surface area contributed by atoms with E-state index in [0.717, 1.165) is 17.1 Å². The summed E-state index contributed by atoms with van der Waals surface area (Å²) in [4.78, 5) is 14.4. The molecule has 21 heavy (non-hydrogen) atoms. The molecule has 2 rings (SSSR count). The van der Waals surface area contributed by atoms with Crippen molar-refractivity contribution in [2.24, 2.45) is 0 Å². The Bertz CT molecular complexity index is 597. The van der Waals surface area contributed by atoms with Crippen LogP contribution < -0.4 is 5.32 Å². The molecule has 0 radical (unpaired) electrons. The van der Waals surface area contributed by atoms with Gasteiger partial charge in [0.1, 0.15) is 12.4 Å². The van der Waals surface area contributed by atoms with E-state index in [2.05, 4.69) is 22.3 Å². The summed E-state index contributed by atoms with van der Waals surface area (Å²) in [5, 5.41) is 30.4. The fourth-order valence-corrected chi connectivity index (χ4v) is 2.53. The van der Waals surface area contributed by atoms with Crippen molar-refractivity contribution < 1.29 is 10.0 Å². The van der Waals surface area contributed by atoms with E-state index in [1.807, 2.05) is 5.38 Å². The lowest BCUT2D eigenvalue weighted by atomic mass is 10.3. The van der Waals surface area contributed by atoms with Gasteiger partial charge in [-0.2, -0.15) is 5.10 Å². The molecule has 1 atom stereocenters. The molecule has 0 fully saturated rings. The number of nitrogens with one attached hydrogen (secondary N) is 1. The topological polar surface area (TPSA) is 106 Å². The summed E-state index contributed by atoms with van der Waals surface area (Å²) in [6.07, 6.45) is 2.72. The van der Waals surface area contributed by atoms with Crippen LogP contribution >= 0.6 is 11.3 Å². The minimum absolute atomic E-state index is 0.0790. The van der Waals surface area contributed by atoms with Crippen LogP contribution in [0.4, 0.5) is 5.69 Å². The highest BCUT2D eigenvalue weighted by Crippen LogP contribution is 2.10. The van der Waals surface area contributed by atoms with E-state index in [1.165, 1.54) is 17.1 Å². The minimum atomic E-state index is -0.672. The standard InChI is InChI=1S/C12H17N5O3S/c1-2-12-15-9(8-21-12)3-13-5-11(18)7-16-6-10(4-14-16)17(19)20/h4,6,8,11,13,18H,2-3,5,7H2,1H3. The Morgan fingerprint density at radius 1 is 1.62 bits per heavy atom. The van der Waals surface area contributed by atoms with Crippen LogP contribution in [0, 0.1) is 10.1 Å². The molecule has 0 bridgehead atoms. The summed E-state index contributed by atoms with van der Waals surface area (Å²) in [6.45, 7) is 3.22. The van der Waals surface area contributed by atoms with Gasteiger partial charge in [-0.15, -0.1) is 11.3 Å². The van der Waals surface area contributed by atoms with Gasteiger partial charge in [-0.1, -0.05) is 6.92 Å². The number of rotatable bonds is 8. The molecule has 0 aliphatic heterocycles. The van der Waals surface area contributed by atoms with Crippen LogP contribution in [0.15, 0.2) is 17.8 Å². The Balaban J connectivity index is 1.73. The first-order valence-electron chi connectivity index (χ1n) is 6.57. The first kappa shape index (κ1) is 15.5. The van der Waals surface area contributed by atoms with Crippen LogP contribution in [-0.2, 0) is 19.5 Å². The molecule has 0 spiro atoms. The molecule has 2 N–H and O–H groups in total. The molecule has 8 nitrogen and oxygen atoms in total. The number of hydrogen-bond donors (Lipinski definition) is 2. The SMILES string of the molecule is CCc1nc(CNCC(O)Cn2cc([N+](=O)[O-])cn2)cs1. The molecular formula is C12H17N5O3S. The van der Waals surface area contributed by atoms with Crippen LogP contribution in [0.5, 0.6) is 0 Å². The zero-order valence-electron chi connectivity index (χ0n) is 11.6. The molecule has 2 aromatic rings. The van der Waals surface area contributed by atoms with Gasteiger partial charge in [0.05, 0.1) is 28.3 Å². The number of thiazole rings is 1. The molecule has 0 saturated heterocycles. The summed E-state index contributed by atoms with van der Waals surface area (Å²) in [7, 11) is 0. The van der Waals surface area contributed by atoms with Gasteiger partial charge in [-0.25, -0.2) is 4.98 Å². The second-order valence-electron chi connectivity index (χ2n) is 4.55. The maximum Gasteiger partial charge on any atom is 0.306 e. The van der Waals surface area contributed by atoms with Gasteiger partial charge in [0.15, 0.2) is 0 Å². The lowest BCUT2D eigenvalue weighted by Crippen LogP contribution is -2.30. The summed E-state index contributed by atoms with van der Waals surface area (Å²) >= 11 is 1.62. The minimum Gasteiger partial charge on any atom is -0.390 e. The average Bonchev–Trinajstić information content (AvgIpc) is 3.07. The summed E-state index contributed by atoms with van der Waals surface area (Å²) in [5.41, 5.74) is 0.878. The predicted molar refractivity (Wildman–Crippen MR) is 78.1 cm³/mol. The van der Waals surface area contributed by atoms with Crippen LogP contribution in [0.1, 0.15) is 17.6 Å². The smallest absolute Gasteiger partial charge is 0.306 e. The molecule has 0 aliphatic carbocycles. The fraction of sp³-hybridized carbons (Fsp3) is 0.500. The van der Waals surface area contributed by atoms with Gasteiger partial charge < -0.3 is 10.4 Å². The number of aliphatic hydroxyl groups is 1. The number of aryl methyl sites for hydroxylation is 1. The third-order valence-corrected chi connectivity index (χ3v) is 3.86. The van der Waals surface area contributed by atoms with Crippen molar-refractivity contribution in [1.82, 2.24) is 20.1 Å². The van der Waals surface area contributed by atoms with E-state index < -0.39 is 11.0 Å². The quantitative estimate of drug-likeness (QED) is 0.555. The zero-order valence-corrected chi connectivity index (χ0v) is 12.4. The van der Waals surface area contributed by atoms with E-state index in [1.54, 1.807) is 11.3 Å². The van der Waals surface area contributed by atoms with Crippen molar-refractivity contribution in [2.75, 3.05) is 6.54 Å². The Morgan fingerprint density at radius 2 is 2.43 bits per heavy atom. The van der Waals surface area contributed by atoms with Crippen molar-refractivity contribution in [1.29, 1.82) is 0 Å². The lowest BCUT2D eigenvalue weighted by Gasteiger charge is -2.10. The molecule has 0 aromatic carbocycles. The van der Waals surface area contributed by atoms with Gasteiger partial charge in [0, 0.05) is 18.5 Å². The molecule has 1 unspecified atom stereocenters. The second-order valence-corrected chi connectivity index (χ2v) is 5.49. The van der Waals surface area contributed by atoms with E-state index in [4.69, 9.17) is 0 Å². The van der Waals surface area contributed by atoms with Gasteiger partial charge in [-0.05, 0) is 6.42 Å². The monoisotopic (exact) mass is 311 g/mol. The van der Waals surface area contributed by atoms with Crippen LogP contribution in [0.25, 0.3) is 0 Å². The number of nitrogens with zero attached hydrogens (tertiary/aromatic N) is 4. The van der Waals surface area contributed by atoms with Crippen molar-refractivity contribution in [3.8, 4) is 0 Å². The highest BCUT2D eigenvalue weighted by Gasteiger charge is 2.11. The number of aromatic nitrogens is 3. The van der Waals surface area contributed by atoms with Crippen molar-refractivity contribution in [3.05, 3.63) is 38.6 Å². The first-order chi connectivity index (χ1) is 10.1. The molecule has 114 valence electrons. The maximum atomic E-state index is 10.5. The van der Waals surface area contributed by atoms with Crippen molar-refractivity contribution in [2.45, 2.75) is 32.5 Å². The Kier molecular flexibility index (Phi) is 5.37. The molecule has 2 heterocycles. The molecule has 9 heteroatoms. The lowest BCUT2D eigenvalue weighted by molar-refractivity contribution is -0.385. The Morgan fingerprint density at radius 3 is 3.05 bits per heavy atom. The average molecular weight is 311 g/mol. The largest absolute Gasteiger partial charge is 0.390 e. The van der Waals surface area contributed by atoms with Crippen LogP contribution in [0.2, 0.25) is 0 Å². The van der Waals surface area contributed by atoms with E-state index >= 15 is 0 Å².